The fraction of sp³-hybridized carbons (Fsp3) is 0.156. The van der Waals surface area contributed by atoms with Crippen molar-refractivity contribution in [3.05, 3.63) is 129 Å². The SMILES string of the molecule is COc1cccc(C2C(C(=O)c3ccc(Cl)s3)C(C=Cc3ccccc3)N(C(=O)c3ccccc3)C2C(N)=O)c1. The van der Waals surface area contributed by atoms with Crippen LogP contribution in [0.1, 0.15) is 37.1 Å². The Bertz CT molecular complexity index is 1550. The summed E-state index contributed by atoms with van der Waals surface area (Å²) < 4.78 is 5.93. The zero-order valence-corrected chi connectivity index (χ0v) is 23.2. The standard InChI is InChI=1S/C32H27ClN2O4S/c1-39-23-14-8-13-22(19-23)27-28(30(36)25-17-18-26(33)40-25)24(16-15-20-9-4-2-5-10-20)35(29(27)31(34)37)32(38)21-11-6-3-7-12-21/h2-19,24,27-29H,1H3,(H2,34,37). The number of nitrogens with zero attached hydrogens (tertiary/aromatic N) is 1. The van der Waals surface area contributed by atoms with Crippen molar-refractivity contribution in [1.29, 1.82) is 0 Å². The normalized spacial score (nSPS) is 20.5. The van der Waals surface area contributed by atoms with Gasteiger partial charge in [-0.2, -0.15) is 0 Å². The number of benzene rings is 3. The number of ketones is 1. The second kappa shape index (κ2) is 11.9. The summed E-state index contributed by atoms with van der Waals surface area (Å²) in [6.07, 6.45) is 3.69. The molecule has 1 saturated heterocycles. The van der Waals surface area contributed by atoms with Gasteiger partial charge in [-0.25, -0.2) is 0 Å². The van der Waals surface area contributed by atoms with E-state index in [2.05, 4.69) is 0 Å². The fourth-order valence-electron chi connectivity index (χ4n) is 5.40. The molecule has 8 heteroatoms. The quantitative estimate of drug-likeness (QED) is 0.260. The van der Waals surface area contributed by atoms with Crippen molar-refractivity contribution in [2.24, 2.45) is 11.7 Å². The predicted octanol–water partition coefficient (Wildman–Crippen LogP) is 6.08. The second-order valence-corrected chi connectivity index (χ2v) is 11.2. The number of carbonyl (C=O) groups excluding carboxylic acids is 3. The summed E-state index contributed by atoms with van der Waals surface area (Å²) in [5.41, 5.74) is 8.01. The summed E-state index contributed by atoms with van der Waals surface area (Å²) in [5.74, 6) is -2.31. The van der Waals surface area contributed by atoms with Crippen LogP contribution in [0.5, 0.6) is 5.75 Å². The Morgan fingerprint density at radius 1 is 0.925 bits per heavy atom. The van der Waals surface area contributed by atoms with Gasteiger partial charge in [0.1, 0.15) is 11.8 Å². The van der Waals surface area contributed by atoms with E-state index < -0.39 is 29.8 Å². The second-order valence-electron chi connectivity index (χ2n) is 9.48. The van der Waals surface area contributed by atoms with Crippen LogP contribution in [-0.2, 0) is 4.79 Å². The average Bonchev–Trinajstić information content (AvgIpc) is 3.58. The van der Waals surface area contributed by atoms with Gasteiger partial charge in [0, 0.05) is 11.5 Å². The van der Waals surface area contributed by atoms with Gasteiger partial charge >= 0.3 is 0 Å². The van der Waals surface area contributed by atoms with Crippen LogP contribution >= 0.6 is 22.9 Å². The first-order valence-electron chi connectivity index (χ1n) is 12.7. The predicted molar refractivity (Wildman–Crippen MR) is 158 cm³/mol. The third-order valence-corrected chi connectivity index (χ3v) is 8.39. The lowest BCUT2D eigenvalue weighted by Crippen LogP contribution is -2.48. The van der Waals surface area contributed by atoms with Crippen molar-refractivity contribution >= 4 is 46.6 Å². The zero-order chi connectivity index (χ0) is 28.2. The Hall–Kier alpha value is -4.20. The molecular formula is C32H27ClN2O4S. The molecule has 0 radical (unpaired) electrons. The number of likely N-dealkylation sites (tertiary alicyclic amines) is 1. The minimum absolute atomic E-state index is 0.220. The molecule has 4 aromatic rings. The summed E-state index contributed by atoms with van der Waals surface area (Å²) in [4.78, 5) is 43.6. The number of Topliss-reactive ketones (excluding diaryl/α,β-unsaturated/α-hetero) is 1. The number of rotatable bonds is 8. The minimum Gasteiger partial charge on any atom is -0.497 e. The smallest absolute Gasteiger partial charge is 0.255 e. The van der Waals surface area contributed by atoms with E-state index in [0.717, 1.165) is 5.56 Å². The van der Waals surface area contributed by atoms with Gasteiger partial charge in [0.05, 0.1) is 28.3 Å². The Labute approximate surface area is 241 Å². The van der Waals surface area contributed by atoms with Crippen LogP contribution in [0, 0.1) is 5.92 Å². The first kappa shape index (κ1) is 27.4. The van der Waals surface area contributed by atoms with Crippen LogP contribution in [-0.4, -0.2) is 41.7 Å². The highest BCUT2D eigenvalue weighted by atomic mass is 35.5. The Balaban J connectivity index is 1.73. The van der Waals surface area contributed by atoms with Gasteiger partial charge < -0.3 is 15.4 Å². The zero-order valence-electron chi connectivity index (χ0n) is 21.6. The first-order valence-corrected chi connectivity index (χ1v) is 13.9. The molecule has 40 heavy (non-hydrogen) atoms. The van der Waals surface area contributed by atoms with E-state index in [1.54, 1.807) is 61.7 Å². The van der Waals surface area contributed by atoms with E-state index in [1.807, 2.05) is 54.6 Å². The van der Waals surface area contributed by atoms with Crippen molar-refractivity contribution in [2.45, 2.75) is 18.0 Å². The van der Waals surface area contributed by atoms with Crippen LogP contribution in [0.4, 0.5) is 0 Å². The van der Waals surface area contributed by atoms with E-state index in [4.69, 9.17) is 22.1 Å². The molecule has 6 nitrogen and oxygen atoms in total. The number of ether oxygens (including phenoxy) is 1. The molecule has 1 aliphatic rings. The highest BCUT2D eigenvalue weighted by molar-refractivity contribution is 7.18. The molecule has 1 aromatic heterocycles. The van der Waals surface area contributed by atoms with E-state index in [0.29, 0.717) is 26.1 Å². The van der Waals surface area contributed by atoms with Gasteiger partial charge in [0.2, 0.25) is 5.91 Å². The van der Waals surface area contributed by atoms with E-state index in [-0.39, 0.29) is 11.7 Å². The molecule has 3 aromatic carbocycles. The van der Waals surface area contributed by atoms with Gasteiger partial charge in [-0.3, -0.25) is 14.4 Å². The summed E-state index contributed by atoms with van der Waals surface area (Å²) in [6, 6.07) is 26.9. The maximum Gasteiger partial charge on any atom is 0.255 e. The molecule has 0 aliphatic carbocycles. The number of hydrogen-bond acceptors (Lipinski definition) is 5. The molecule has 4 unspecified atom stereocenters. The highest BCUT2D eigenvalue weighted by Crippen LogP contribution is 2.46. The lowest BCUT2D eigenvalue weighted by molar-refractivity contribution is -0.122. The lowest BCUT2D eigenvalue weighted by Gasteiger charge is -2.29. The average molecular weight is 571 g/mol. The highest BCUT2D eigenvalue weighted by Gasteiger charge is 2.56. The summed E-state index contributed by atoms with van der Waals surface area (Å²) in [7, 11) is 1.55. The van der Waals surface area contributed by atoms with Crippen molar-refractivity contribution < 1.29 is 19.1 Å². The van der Waals surface area contributed by atoms with Crippen LogP contribution in [0.15, 0.2) is 103 Å². The number of halogens is 1. The molecule has 2 N–H and O–H groups in total. The molecule has 4 atom stereocenters. The van der Waals surface area contributed by atoms with Gasteiger partial charge in [-0.05, 0) is 47.5 Å². The number of amides is 2. The first-order chi connectivity index (χ1) is 19.4. The monoisotopic (exact) mass is 570 g/mol. The van der Waals surface area contributed by atoms with Gasteiger partial charge in [-0.1, -0.05) is 84.4 Å². The lowest BCUT2D eigenvalue weighted by atomic mass is 9.78. The molecular weight excluding hydrogens is 544 g/mol. The van der Waals surface area contributed by atoms with Crippen molar-refractivity contribution in [3.63, 3.8) is 0 Å². The van der Waals surface area contributed by atoms with Crippen molar-refractivity contribution in [2.75, 3.05) is 7.11 Å². The fourth-order valence-corrected chi connectivity index (χ4v) is 6.43. The molecule has 0 bridgehead atoms. The Kier molecular flexibility index (Phi) is 8.14. The number of nitrogens with two attached hydrogens (primary N) is 1. The topological polar surface area (TPSA) is 89.7 Å². The van der Waals surface area contributed by atoms with Crippen molar-refractivity contribution in [3.8, 4) is 5.75 Å². The number of thiophene rings is 1. The Morgan fingerprint density at radius 3 is 2.25 bits per heavy atom. The van der Waals surface area contributed by atoms with Gasteiger partial charge in [-0.15, -0.1) is 11.3 Å². The molecule has 2 amide bonds. The van der Waals surface area contributed by atoms with Crippen LogP contribution in [0.3, 0.4) is 0 Å². The van der Waals surface area contributed by atoms with E-state index in [1.165, 1.54) is 16.2 Å². The number of primary amides is 1. The Morgan fingerprint density at radius 2 is 1.62 bits per heavy atom. The van der Waals surface area contributed by atoms with Crippen molar-refractivity contribution in [1.82, 2.24) is 4.90 Å². The maximum absolute atomic E-state index is 14.3. The van der Waals surface area contributed by atoms with Crippen LogP contribution in [0.25, 0.3) is 6.08 Å². The van der Waals surface area contributed by atoms with Gasteiger partial charge in [0.15, 0.2) is 5.78 Å². The molecule has 5 rings (SSSR count). The van der Waals surface area contributed by atoms with Gasteiger partial charge in [0.25, 0.3) is 5.91 Å². The third kappa shape index (κ3) is 5.43. The number of hydrogen-bond donors (Lipinski definition) is 1. The van der Waals surface area contributed by atoms with Crippen LogP contribution < -0.4 is 10.5 Å². The minimum atomic E-state index is -1.10. The largest absolute Gasteiger partial charge is 0.497 e. The van der Waals surface area contributed by atoms with E-state index >= 15 is 0 Å². The van der Waals surface area contributed by atoms with Crippen LogP contribution in [0.2, 0.25) is 4.34 Å². The molecule has 0 spiro atoms. The number of carbonyl (C=O) groups is 3. The third-order valence-electron chi connectivity index (χ3n) is 7.15. The summed E-state index contributed by atoms with van der Waals surface area (Å²) in [5, 5.41) is 0. The molecule has 1 aliphatic heterocycles. The number of methoxy groups -OCH3 is 1. The summed E-state index contributed by atoms with van der Waals surface area (Å²) >= 11 is 7.38. The molecule has 1 fully saturated rings. The maximum atomic E-state index is 14.3. The summed E-state index contributed by atoms with van der Waals surface area (Å²) in [6.45, 7) is 0. The molecule has 2 heterocycles. The van der Waals surface area contributed by atoms with E-state index in [9.17, 15) is 14.4 Å². The molecule has 202 valence electrons. The molecule has 0 saturated carbocycles.